The third-order valence-electron chi connectivity index (χ3n) is 3.74. The Morgan fingerprint density at radius 1 is 1.17 bits per heavy atom. The van der Waals surface area contributed by atoms with Crippen molar-refractivity contribution in [2.24, 2.45) is 0 Å². The maximum absolute atomic E-state index is 11.9. The molecule has 1 heterocycles. The van der Waals surface area contributed by atoms with Gasteiger partial charge in [0.1, 0.15) is 5.75 Å². The number of benzene rings is 2. The first kappa shape index (κ1) is 16.3. The van der Waals surface area contributed by atoms with Crippen LogP contribution in [-0.4, -0.2) is 25.0 Å². The molecule has 5 nitrogen and oxygen atoms in total. The van der Waals surface area contributed by atoms with Crippen LogP contribution in [0.1, 0.15) is 12.8 Å². The molecule has 2 aromatic rings. The number of anilines is 2. The first-order chi connectivity index (χ1) is 11.6. The maximum atomic E-state index is 11.9. The van der Waals surface area contributed by atoms with E-state index in [4.69, 9.17) is 16.3 Å². The van der Waals surface area contributed by atoms with Crippen molar-refractivity contribution in [3.05, 3.63) is 53.6 Å². The Bertz CT molecular complexity index is 746. The van der Waals surface area contributed by atoms with Crippen LogP contribution in [0.2, 0.25) is 5.02 Å². The van der Waals surface area contributed by atoms with Crippen LogP contribution < -0.4 is 15.0 Å². The van der Waals surface area contributed by atoms with E-state index in [2.05, 4.69) is 5.32 Å². The second kappa shape index (κ2) is 7.36. The Morgan fingerprint density at radius 2 is 1.92 bits per heavy atom. The Kier molecular flexibility index (Phi) is 5.01. The SMILES string of the molecule is O=C(COc1ccc(N2CCCC2=O)cc1)Nc1ccccc1Cl. The van der Waals surface area contributed by atoms with Crippen molar-refractivity contribution in [2.75, 3.05) is 23.4 Å². The van der Waals surface area contributed by atoms with Gasteiger partial charge in [-0.2, -0.15) is 0 Å². The van der Waals surface area contributed by atoms with Crippen molar-refractivity contribution in [1.82, 2.24) is 0 Å². The van der Waals surface area contributed by atoms with Gasteiger partial charge in [0.25, 0.3) is 5.91 Å². The largest absolute Gasteiger partial charge is 0.484 e. The predicted molar refractivity (Wildman–Crippen MR) is 93.6 cm³/mol. The van der Waals surface area contributed by atoms with Gasteiger partial charge < -0.3 is 15.0 Å². The molecule has 1 aliphatic heterocycles. The lowest BCUT2D eigenvalue weighted by Crippen LogP contribution is -2.23. The topological polar surface area (TPSA) is 58.6 Å². The molecule has 0 aliphatic carbocycles. The number of carbonyl (C=O) groups excluding carboxylic acids is 2. The number of nitrogens with one attached hydrogen (secondary N) is 1. The molecule has 0 radical (unpaired) electrons. The zero-order chi connectivity index (χ0) is 16.9. The first-order valence-corrected chi connectivity index (χ1v) is 8.09. The van der Waals surface area contributed by atoms with Crippen molar-refractivity contribution in [2.45, 2.75) is 12.8 Å². The van der Waals surface area contributed by atoms with Gasteiger partial charge in [-0.05, 0) is 42.8 Å². The molecule has 0 bridgehead atoms. The van der Waals surface area contributed by atoms with E-state index < -0.39 is 0 Å². The molecule has 0 unspecified atom stereocenters. The van der Waals surface area contributed by atoms with Gasteiger partial charge in [-0.15, -0.1) is 0 Å². The van der Waals surface area contributed by atoms with Gasteiger partial charge >= 0.3 is 0 Å². The van der Waals surface area contributed by atoms with Crippen molar-refractivity contribution in [1.29, 1.82) is 0 Å². The number of carbonyl (C=O) groups is 2. The summed E-state index contributed by atoms with van der Waals surface area (Å²) in [6.45, 7) is 0.631. The summed E-state index contributed by atoms with van der Waals surface area (Å²) >= 11 is 5.99. The molecule has 24 heavy (non-hydrogen) atoms. The number of para-hydroxylation sites is 1. The zero-order valence-electron chi connectivity index (χ0n) is 13.0. The van der Waals surface area contributed by atoms with Crippen LogP contribution in [0.5, 0.6) is 5.75 Å². The fraction of sp³-hybridized carbons (Fsp3) is 0.222. The third-order valence-corrected chi connectivity index (χ3v) is 4.07. The number of rotatable bonds is 5. The summed E-state index contributed by atoms with van der Waals surface area (Å²) in [5.41, 5.74) is 1.40. The Morgan fingerprint density at radius 3 is 2.58 bits per heavy atom. The van der Waals surface area contributed by atoms with E-state index in [1.165, 1.54) is 0 Å². The van der Waals surface area contributed by atoms with Crippen LogP contribution in [-0.2, 0) is 9.59 Å². The van der Waals surface area contributed by atoms with Gasteiger partial charge in [0, 0.05) is 18.7 Å². The standard InChI is InChI=1S/C18H17ClN2O3/c19-15-4-1-2-5-16(15)20-17(22)12-24-14-9-7-13(8-10-14)21-11-3-6-18(21)23/h1-2,4-5,7-10H,3,6,11-12H2,(H,20,22). The lowest BCUT2D eigenvalue weighted by Gasteiger charge is -2.16. The van der Waals surface area contributed by atoms with Crippen molar-refractivity contribution in [3.63, 3.8) is 0 Å². The highest BCUT2D eigenvalue weighted by atomic mass is 35.5. The van der Waals surface area contributed by atoms with Crippen molar-refractivity contribution < 1.29 is 14.3 Å². The molecule has 124 valence electrons. The lowest BCUT2D eigenvalue weighted by atomic mass is 10.3. The maximum Gasteiger partial charge on any atom is 0.262 e. The Balaban J connectivity index is 1.54. The molecular formula is C18H17ClN2O3. The van der Waals surface area contributed by atoms with E-state index in [1.807, 2.05) is 12.1 Å². The highest BCUT2D eigenvalue weighted by Gasteiger charge is 2.21. The van der Waals surface area contributed by atoms with Crippen molar-refractivity contribution >= 4 is 34.8 Å². The molecule has 0 spiro atoms. The normalized spacial score (nSPS) is 13.9. The molecule has 3 rings (SSSR count). The molecule has 1 fully saturated rings. The lowest BCUT2D eigenvalue weighted by molar-refractivity contribution is -0.118. The van der Waals surface area contributed by atoms with E-state index in [0.717, 1.165) is 18.7 Å². The fourth-order valence-electron chi connectivity index (χ4n) is 2.54. The number of nitrogens with zero attached hydrogens (tertiary/aromatic N) is 1. The van der Waals surface area contributed by atoms with Crippen LogP contribution in [0.15, 0.2) is 48.5 Å². The summed E-state index contributed by atoms with van der Waals surface area (Å²) in [5.74, 6) is 0.421. The number of halogens is 1. The predicted octanol–water partition coefficient (Wildman–Crippen LogP) is 3.48. The average molecular weight is 345 g/mol. The number of amides is 2. The molecule has 2 aromatic carbocycles. The molecule has 0 aromatic heterocycles. The molecule has 2 amide bonds. The highest BCUT2D eigenvalue weighted by Crippen LogP contribution is 2.24. The molecule has 0 atom stereocenters. The van der Waals surface area contributed by atoms with E-state index in [-0.39, 0.29) is 18.4 Å². The molecule has 6 heteroatoms. The zero-order valence-corrected chi connectivity index (χ0v) is 13.8. The first-order valence-electron chi connectivity index (χ1n) is 7.71. The minimum atomic E-state index is -0.290. The van der Waals surface area contributed by atoms with Crippen LogP contribution in [0.4, 0.5) is 11.4 Å². The number of hydrogen-bond donors (Lipinski definition) is 1. The third kappa shape index (κ3) is 3.86. The van der Waals surface area contributed by atoms with E-state index in [1.54, 1.807) is 41.3 Å². The summed E-state index contributed by atoms with van der Waals surface area (Å²) < 4.78 is 5.47. The molecular weight excluding hydrogens is 328 g/mol. The second-order valence-corrected chi connectivity index (χ2v) is 5.87. The van der Waals surface area contributed by atoms with Crippen LogP contribution in [0.3, 0.4) is 0 Å². The number of hydrogen-bond acceptors (Lipinski definition) is 3. The molecule has 0 saturated carbocycles. The molecule has 1 aliphatic rings. The van der Waals surface area contributed by atoms with Gasteiger partial charge in [-0.3, -0.25) is 9.59 Å². The minimum Gasteiger partial charge on any atom is -0.484 e. The van der Waals surface area contributed by atoms with Crippen LogP contribution >= 0.6 is 11.6 Å². The molecule has 1 saturated heterocycles. The summed E-state index contributed by atoms with van der Waals surface area (Å²) in [6.07, 6.45) is 1.49. The minimum absolute atomic E-state index is 0.118. The Labute approximate surface area is 145 Å². The highest BCUT2D eigenvalue weighted by molar-refractivity contribution is 6.33. The number of ether oxygens (including phenoxy) is 1. The van der Waals surface area contributed by atoms with Crippen molar-refractivity contribution in [3.8, 4) is 5.75 Å². The van der Waals surface area contributed by atoms with Gasteiger partial charge in [0.05, 0.1) is 10.7 Å². The van der Waals surface area contributed by atoms with Gasteiger partial charge in [0.15, 0.2) is 6.61 Å². The summed E-state index contributed by atoms with van der Waals surface area (Å²) in [5, 5.41) is 3.17. The van der Waals surface area contributed by atoms with Crippen LogP contribution in [0, 0.1) is 0 Å². The second-order valence-electron chi connectivity index (χ2n) is 5.46. The van der Waals surface area contributed by atoms with E-state index in [0.29, 0.717) is 22.9 Å². The quantitative estimate of drug-likeness (QED) is 0.903. The fourth-order valence-corrected chi connectivity index (χ4v) is 2.72. The smallest absolute Gasteiger partial charge is 0.262 e. The summed E-state index contributed by atoms with van der Waals surface area (Å²) in [7, 11) is 0. The van der Waals surface area contributed by atoms with E-state index in [9.17, 15) is 9.59 Å². The Hall–Kier alpha value is -2.53. The summed E-state index contributed by atoms with van der Waals surface area (Å²) in [6, 6.07) is 14.2. The van der Waals surface area contributed by atoms with Gasteiger partial charge in [-0.25, -0.2) is 0 Å². The van der Waals surface area contributed by atoms with Gasteiger partial charge in [0.2, 0.25) is 5.91 Å². The van der Waals surface area contributed by atoms with E-state index >= 15 is 0 Å². The monoisotopic (exact) mass is 344 g/mol. The summed E-state index contributed by atoms with van der Waals surface area (Å²) in [4.78, 5) is 25.4. The van der Waals surface area contributed by atoms with Gasteiger partial charge in [-0.1, -0.05) is 23.7 Å². The average Bonchev–Trinajstić information content (AvgIpc) is 3.02. The molecule has 1 N–H and O–H groups in total. The van der Waals surface area contributed by atoms with Crippen LogP contribution in [0.25, 0.3) is 0 Å².